The number of hydrogen-bond acceptors (Lipinski definition) is 5. The number of carbonyl (C=O) groups is 2. The Kier molecular flexibility index (Phi) is 7.57. The standard InChI is InChI=1S/C25H29FN4O2S/c1-18(31)19-4-7-21(8-5-19)28-25(32)27-10-2-3-11-29-12-14-30(15-13-29)23-17-33-24-16-20(26)6-9-22(23)24/h4-9,16-17H,2-3,10-15H2,1H3,(H2,27,28,32). The molecule has 1 aliphatic rings. The number of unbranched alkanes of at least 4 members (excludes halogenated alkanes) is 1. The first-order valence-electron chi connectivity index (χ1n) is 11.3. The fourth-order valence-corrected chi connectivity index (χ4v) is 5.07. The Morgan fingerprint density at radius 3 is 2.52 bits per heavy atom. The number of urea groups is 1. The van der Waals surface area contributed by atoms with Crippen molar-refractivity contribution in [3.8, 4) is 0 Å². The Hall–Kier alpha value is -2.97. The molecule has 0 aliphatic carbocycles. The quantitative estimate of drug-likeness (QED) is 0.362. The number of benzene rings is 2. The highest BCUT2D eigenvalue weighted by atomic mass is 32.1. The molecule has 4 rings (SSSR count). The van der Waals surface area contributed by atoms with E-state index in [4.69, 9.17) is 0 Å². The predicted octanol–water partition coefficient (Wildman–Crippen LogP) is 4.97. The van der Waals surface area contributed by atoms with E-state index in [0.29, 0.717) is 17.8 Å². The zero-order valence-corrected chi connectivity index (χ0v) is 19.6. The van der Waals surface area contributed by atoms with Crippen LogP contribution in [0.1, 0.15) is 30.1 Å². The van der Waals surface area contributed by atoms with Gasteiger partial charge in [0.05, 0.1) is 5.69 Å². The second kappa shape index (κ2) is 10.8. The van der Waals surface area contributed by atoms with Crippen molar-refractivity contribution in [3.63, 3.8) is 0 Å². The lowest BCUT2D eigenvalue weighted by Gasteiger charge is -2.35. The highest BCUT2D eigenvalue weighted by molar-refractivity contribution is 7.17. The summed E-state index contributed by atoms with van der Waals surface area (Å²) in [5.74, 6) is -0.180. The molecule has 2 heterocycles. The van der Waals surface area contributed by atoms with Crippen molar-refractivity contribution in [2.75, 3.05) is 49.5 Å². The van der Waals surface area contributed by atoms with E-state index in [1.807, 2.05) is 6.07 Å². The Bertz CT molecular complexity index is 1110. The first-order chi connectivity index (χ1) is 16.0. The first-order valence-corrected chi connectivity index (χ1v) is 12.2. The van der Waals surface area contributed by atoms with Crippen molar-refractivity contribution in [1.29, 1.82) is 0 Å². The largest absolute Gasteiger partial charge is 0.368 e. The Morgan fingerprint density at radius 2 is 1.79 bits per heavy atom. The van der Waals surface area contributed by atoms with Gasteiger partial charge < -0.3 is 15.5 Å². The Morgan fingerprint density at radius 1 is 1.03 bits per heavy atom. The van der Waals surface area contributed by atoms with E-state index in [1.165, 1.54) is 18.7 Å². The molecule has 2 amide bonds. The van der Waals surface area contributed by atoms with Crippen LogP contribution in [0.3, 0.4) is 0 Å². The van der Waals surface area contributed by atoms with Crippen molar-refractivity contribution in [3.05, 3.63) is 59.2 Å². The maximum atomic E-state index is 13.4. The van der Waals surface area contributed by atoms with Gasteiger partial charge in [-0.1, -0.05) is 0 Å². The molecule has 3 aromatic rings. The molecule has 33 heavy (non-hydrogen) atoms. The fraction of sp³-hybridized carbons (Fsp3) is 0.360. The summed E-state index contributed by atoms with van der Waals surface area (Å²) in [6.45, 7) is 7.09. The van der Waals surface area contributed by atoms with Crippen molar-refractivity contribution < 1.29 is 14.0 Å². The topological polar surface area (TPSA) is 64.7 Å². The molecule has 0 spiro atoms. The molecule has 1 fully saturated rings. The molecule has 1 aliphatic heterocycles. The van der Waals surface area contributed by atoms with Crippen LogP contribution in [0.5, 0.6) is 0 Å². The summed E-state index contributed by atoms with van der Waals surface area (Å²) in [5, 5.41) is 8.93. The van der Waals surface area contributed by atoms with Gasteiger partial charge in [-0.25, -0.2) is 9.18 Å². The van der Waals surface area contributed by atoms with E-state index in [0.717, 1.165) is 55.7 Å². The molecular formula is C25H29FN4O2S. The van der Waals surface area contributed by atoms with Crippen LogP contribution in [0.2, 0.25) is 0 Å². The number of anilines is 2. The molecule has 2 N–H and O–H groups in total. The monoisotopic (exact) mass is 468 g/mol. The number of hydrogen-bond donors (Lipinski definition) is 2. The van der Waals surface area contributed by atoms with E-state index >= 15 is 0 Å². The van der Waals surface area contributed by atoms with Crippen molar-refractivity contribution in [2.45, 2.75) is 19.8 Å². The minimum absolute atomic E-state index is 0.00376. The summed E-state index contributed by atoms with van der Waals surface area (Å²) >= 11 is 1.60. The number of fused-ring (bicyclic) bond motifs is 1. The SMILES string of the molecule is CC(=O)c1ccc(NC(=O)NCCCCN2CCN(c3csc4cc(F)ccc34)CC2)cc1. The van der Waals surface area contributed by atoms with Crippen molar-refractivity contribution >= 4 is 44.6 Å². The van der Waals surface area contributed by atoms with Gasteiger partial charge in [0.1, 0.15) is 5.82 Å². The average Bonchev–Trinajstić information content (AvgIpc) is 3.22. The maximum Gasteiger partial charge on any atom is 0.319 e. The molecule has 0 saturated carbocycles. The number of nitrogens with one attached hydrogen (secondary N) is 2. The third-order valence-electron chi connectivity index (χ3n) is 5.97. The number of halogens is 1. The number of carbonyl (C=O) groups excluding carboxylic acids is 2. The summed E-state index contributed by atoms with van der Waals surface area (Å²) in [6, 6.07) is 11.7. The molecule has 174 valence electrons. The predicted molar refractivity (Wildman–Crippen MR) is 133 cm³/mol. The number of rotatable bonds is 8. The maximum absolute atomic E-state index is 13.4. The van der Waals surface area contributed by atoms with Gasteiger partial charge in [-0.2, -0.15) is 0 Å². The van der Waals surface area contributed by atoms with Crippen molar-refractivity contribution in [1.82, 2.24) is 10.2 Å². The van der Waals surface area contributed by atoms with Gasteiger partial charge in [0.25, 0.3) is 0 Å². The number of nitrogens with zero attached hydrogens (tertiary/aromatic N) is 2. The zero-order valence-electron chi connectivity index (χ0n) is 18.8. The van der Waals surface area contributed by atoms with Gasteiger partial charge >= 0.3 is 6.03 Å². The Labute approximate surface area is 197 Å². The minimum Gasteiger partial charge on any atom is -0.368 e. The van der Waals surface area contributed by atoms with Crippen LogP contribution in [0.25, 0.3) is 10.1 Å². The second-order valence-electron chi connectivity index (χ2n) is 8.31. The van der Waals surface area contributed by atoms with Crippen LogP contribution in [-0.2, 0) is 0 Å². The second-order valence-corrected chi connectivity index (χ2v) is 9.22. The van der Waals surface area contributed by atoms with Gasteiger partial charge in [0.2, 0.25) is 0 Å². The van der Waals surface area contributed by atoms with Crippen LogP contribution < -0.4 is 15.5 Å². The van der Waals surface area contributed by atoms with Crippen molar-refractivity contribution in [2.24, 2.45) is 0 Å². The average molecular weight is 469 g/mol. The normalized spacial score (nSPS) is 14.4. The summed E-state index contributed by atoms with van der Waals surface area (Å²) in [5.41, 5.74) is 2.50. The van der Waals surface area contributed by atoms with Crippen LogP contribution >= 0.6 is 11.3 Å². The van der Waals surface area contributed by atoms with Gasteiger partial charge in [-0.3, -0.25) is 9.69 Å². The Balaban J connectivity index is 1.12. The highest BCUT2D eigenvalue weighted by Crippen LogP contribution is 2.34. The summed E-state index contributed by atoms with van der Waals surface area (Å²) in [6.07, 6.45) is 1.94. The molecule has 6 nitrogen and oxygen atoms in total. The van der Waals surface area contributed by atoms with Gasteiger partial charge in [0, 0.05) is 59.4 Å². The highest BCUT2D eigenvalue weighted by Gasteiger charge is 2.19. The summed E-state index contributed by atoms with van der Waals surface area (Å²) in [7, 11) is 0. The third kappa shape index (κ3) is 6.09. The molecule has 8 heteroatoms. The smallest absolute Gasteiger partial charge is 0.319 e. The van der Waals surface area contributed by atoms with Crippen LogP contribution in [-0.4, -0.2) is 56.0 Å². The number of amides is 2. The van der Waals surface area contributed by atoms with E-state index in [9.17, 15) is 14.0 Å². The van der Waals surface area contributed by atoms with Crippen LogP contribution in [0.4, 0.5) is 20.6 Å². The number of thiophene rings is 1. The zero-order chi connectivity index (χ0) is 23.2. The number of Topliss-reactive ketones (excluding diaryl/α,β-unsaturated/α-hetero) is 1. The molecule has 1 saturated heterocycles. The van der Waals surface area contributed by atoms with Gasteiger partial charge in [-0.15, -0.1) is 11.3 Å². The number of ketones is 1. The lowest BCUT2D eigenvalue weighted by molar-refractivity contribution is 0.101. The molecular weight excluding hydrogens is 439 g/mol. The molecule has 0 atom stereocenters. The molecule has 2 aromatic carbocycles. The third-order valence-corrected chi connectivity index (χ3v) is 6.90. The summed E-state index contributed by atoms with van der Waals surface area (Å²) in [4.78, 5) is 28.2. The van der Waals surface area contributed by atoms with Gasteiger partial charge in [-0.05, 0) is 68.8 Å². The van der Waals surface area contributed by atoms with Crippen LogP contribution in [0.15, 0.2) is 47.8 Å². The lowest BCUT2D eigenvalue weighted by atomic mass is 10.1. The summed E-state index contributed by atoms with van der Waals surface area (Å²) < 4.78 is 14.4. The number of piperazine rings is 1. The van der Waals surface area contributed by atoms with Crippen LogP contribution in [0, 0.1) is 5.82 Å². The van der Waals surface area contributed by atoms with E-state index in [2.05, 4.69) is 25.8 Å². The van der Waals surface area contributed by atoms with E-state index in [-0.39, 0.29) is 17.6 Å². The molecule has 0 radical (unpaired) electrons. The van der Waals surface area contributed by atoms with E-state index in [1.54, 1.807) is 41.7 Å². The lowest BCUT2D eigenvalue weighted by Crippen LogP contribution is -2.46. The van der Waals surface area contributed by atoms with E-state index < -0.39 is 0 Å². The molecule has 0 bridgehead atoms. The first kappa shape index (κ1) is 23.2. The van der Waals surface area contributed by atoms with Gasteiger partial charge in [0.15, 0.2) is 5.78 Å². The fourth-order valence-electron chi connectivity index (χ4n) is 4.07. The minimum atomic E-state index is -0.234. The molecule has 1 aromatic heterocycles. The molecule has 0 unspecified atom stereocenters.